The van der Waals surface area contributed by atoms with E-state index in [2.05, 4.69) is 26.0 Å². The van der Waals surface area contributed by atoms with E-state index >= 15 is 0 Å². The van der Waals surface area contributed by atoms with Crippen molar-refractivity contribution in [3.63, 3.8) is 0 Å². The Kier molecular flexibility index (Phi) is 7.47. The van der Waals surface area contributed by atoms with Crippen molar-refractivity contribution in [2.24, 2.45) is 0 Å². The molecule has 1 aliphatic rings. The van der Waals surface area contributed by atoms with Gasteiger partial charge in [-0.1, -0.05) is 28.1 Å². The molecule has 1 fully saturated rings. The normalized spacial score (nSPS) is 14.5. The van der Waals surface area contributed by atoms with Gasteiger partial charge < -0.3 is 19.5 Å². The summed E-state index contributed by atoms with van der Waals surface area (Å²) in [6.45, 7) is 1.80. The minimum absolute atomic E-state index is 0.00418. The van der Waals surface area contributed by atoms with E-state index in [1.165, 1.54) is 25.3 Å². The van der Waals surface area contributed by atoms with Crippen molar-refractivity contribution < 1.29 is 33.0 Å². The van der Waals surface area contributed by atoms with Crippen molar-refractivity contribution in [1.29, 1.82) is 0 Å². The van der Waals surface area contributed by atoms with Crippen LogP contribution >= 0.6 is 15.9 Å². The molecular formula is C22H20BrFN2O6. The lowest BCUT2D eigenvalue weighted by atomic mass is 10.1. The van der Waals surface area contributed by atoms with Crippen molar-refractivity contribution in [1.82, 2.24) is 10.2 Å². The van der Waals surface area contributed by atoms with E-state index < -0.39 is 24.5 Å². The number of nitrogens with one attached hydrogen (secondary N) is 1. The van der Waals surface area contributed by atoms with Gasteiger partial charge in [-0.15, -0.1) is 0 Å². The first kappa shape index (κ1) is 23.3. The molecule has 1 N–H and O–H groups in total. The lowest BCUT2D eigenvalue weighted by molar-refractivity contribution is -0.143. The first-order valence-electron chi connectivity index (χ1n) is 9.57. The molecule has 0 spiro atoms. The average molecular weight is 507 g/mol. The third kappa shape index (κ3) is 5.44. The maximum atomic E-state index is 13.4. The number of ether oxygens (including phenoxy) is 3. The number of nitrogens with zero attached hydrogens (tertiary/aromatic N) is 1. The standard InChI is InChI=1S/C22H20BrFN2O6/c1-3-31-18-9-14(8-17-21(28)26(22(29)25-17)11-20(27)30-2)16(23)10-19(18)32-12-13-5-4-6-15(24)7-13/h4-10H,3,11-12H2,1-2H3,(H,25,29)/b17-8+. The summed E-state index contributed by atoms with van der Waals surface area (Å²) in [5.41, 5.74) is 1.19. The summed E-state index contributed by atoms with van der Waals surface area (Å²) in [4.78, 5) is 36.8. The summed E-state index contributed by atoms with van der Waals surface area (Å²) in [5.74, 6) is -0.906. The monoisotopic (exact) mass is 506 g/mol. The molecule has 0 radical (unpaired) electrons. The van der Waals surface area contributed by atoms with Crippen LogP contribution in [0.1, 0.15) is 18.1 Å². The Morgan fingerprint density at radius 3 is 2.62 bits per heavy atom. The average Bonchev–Trinajstić information content (AvgIpc) is 3.02. The number of methoxy groups -OCH3 is 1. The van der Waals surface area contributed by atoms with Gasteiger partial charge in [0.1, 0.15) is 24.7 Å². The van der Waals surface area contributed by atoms with Crippen molar-refractivity contribution >= 4 is 39.9 Å². The molecule has 1 saturated heterocycles. The topological polar surface area (TPSA) is 94.2 Å². The lowest BCUT2D eigenvalue weighted by Gasteiger charge is -2.14. The van der Waals surface area contributed by atoms with Gasteiger partial charge in [0.2, 0.25) is 0 Å². The molecule has 0 atom stereocenters. The van der Waals surface area contributed by atoms with Crippen LogP contribution in [0, 0.1) is 5.82 Å². The molecule has 0 aromatic heterocycles. The summed E-state index contributed by atoms with van der Waals surface area (Å²) < 4.78 is 29.9. The first-order chi connectivity index (χ1) is 15.3. The molecule has 0 aliphatic carbocycles. The number of amides is 3. The number of urea groups is 1. The van der Waals surface area contributed by atoms with Crippen LogP contribution in [-0.4, -0.2) is 43.1 Å². The Bertz CT molecular complexity index is 1090. The highest BCUT2D eigenvalue weighted by Gasteiger charge is 2.35. The minimum atomic E-state index is -0.720. The molecule has 1 aliphatic heterocycles. The summed E-state index contributed by atoms with van der Waals surface area (Å²) in [7, 11) is 1.17. The van der Waals surface area contributed by atoms with Crippen LogP contribution < -0.4 is 14.8 Å². The van der Waals surface area contributed by atoms with Crippen LogP contribution in [-0.2, 0) is 20.9 Å². The van der Waals surface area contributed by atoms with E-state index in [0.29, 0.717) is 33.7 Å². The van der Waals surface area contributed by atoms with Gasteiger partial charge in [0, 0.05) is 4.47 Å². The van der Waals surface area contributed by atoms with E-state index in [4.69, 9.17) is 9.47 Å². The first-order valence-corrected chi connectivity index (χ1v) is 10.4. The fourth-order valence-corrected chi connectivity index (χ4v) is 3.33. The van der Waals surface area contributed by atoms with Gasteiger partial charge in [-0.05, 0) is 48.4 Å². The second-order valence-electron chi connectivity index (χ2n) is 6.63. The van der Waals surface area contributed by atoms with E-state index in [1.807, 2.05) is 6.92 Å². The van der Waals surface area contributed by atoms with E-state index in [1.54, 1.807) is 24.3 Å². The maximum Gasteiger partial charge on any atom is 0.329 e. The molecule has 0 unspecified atom stereocenters. The lowest BCUT2D eigenvalue weighted by Crippen LogP contribution is -2.36. The predicted molar refractivity (Wildman–Crippen MR) is 116 cm³/mol. The van der Waals surface area contributed by atoms with Gasteiger partial charge in [-0.2, -0.15) is 0 Å². The fraction of sp³-hybridized carbons (Fsp3) is 0.227. The van der Waals surface area contributed by atoms with Crippen LogP contribution in [0.4, 0.5) is 9.18 Å². The highest BCUT2D eigenvalue weighted by Crippen LogP contribution is 2.35. The number of carbonyl (C=O) groups is 3. The Balaban J connectivity index is 1.84. The summed E-state index contributed by atoms with van der Waals surface area (Å²) in [6, 6.07) is 8.65. The number of imide groups is 1. The molecule has 0 saturated carbocycles. The van der Waals surface area contributed by atoms with E-state index in [-0.39, 0.29) is 18.1 Å². The zero-order valence-electron chi connectivity index (χ0n) is 17.3. The fourth-order valence-electron chi connectivity index (χ4n) is 2.89. The Hall–Kier alpha value is -3.40. The minimum Gasteiger partial charge on any atom is -0.490 e. The number of hydrogen-bond donors (Lipinski definition) is 1. The summed E-state index contributed by atoms with van der Waals surface area (Å²) >= 11 is 3.43. The number of hydrogen-bond acceptors (Lipinski definition) is 6. The molecule has 168 valence electrons. The van der Waals surface area contributed by atoms with Gasteiger partial charge in [0.15, 0.2) is 11.5 Å². The van der Waals surface area contributed by atoms with Crippen molar-refractivity contribution in [2.45, 2.75) is 13.5 Å². The van der Waals surface area contributed by atoms with Gasteiger partial charge in [0.25, 0.3) is 5.91 Å². The van der Waals surface area contributed by atoms with Crippen LogP contribution in [0.15, 0.2) is 46.6 Å². The van der Waals surface area contributed by atoms with Gasteiger partial charge >= 0.3 is 12.0 Å². The molecule has 32 heavy (non-hydrogen) atoms. The summed E-state index contributed by atoms with van der Waals surface area (Å²) in [5, 5.41) is 2.44. The zero-order chi connectivity index (χ0) is 23.3. The number of rotatable bonds is 8. The Morgan fingerprint density at radius 2 is 1.94 bits per heavy atom. The van der Waals surface area contributed by atoms with Gasteiger partial charge in [-0.3, -0.25) is 9.59 Å². The quantitative estimate of drug-likeness (QED) is 0.333. The second-order valence-corrected chi connectivity index (χ2v) is 7.48. The third-order valence-corrected chi connectivity index (χ3v) is 5.11. The highest BCUT2D eigenvalue weighted by molar-refractivity contribution is 9.10. The number of halogens is 2. The molecule has 2 aromatic carbocycles. The molecule has 2 aromatic rings. The number of carbonyl (C=O) groups excluding carboxylic acids is 3. The number of benzene rings is 2. The maximum absolute atomic E-state index is 13.4. The zero-order valence-corrected chi connectivity index (χ0v) is 18.9. The van der Waals surface area contributed by atoms with Crippen LogP contribution in [0.25, 0.3) is 6.08 Å². The van der Waals surface area contributed by atoms with Gasteiger partial charge in [-0.25, -0.2) is 14.1 Å². The summed E-state index contributed by atoms with van der Waals surface area (Å²) in [6.07, 6.45) is 1.46. The van der Waals surface area contributed by atoms with E-state index in [9.17, 15) is 18.8 Å². The van der Waals surface area contributed by atoms with Crippen LogP contribution in [0.3, 0.4) is 0 Å². The number of esters is 1. The molecule has 3 rings (SSSR count). The van der Waals surface area contributed by atoms with Crippen LogP contribution in [0.2, 0.25) is 0 Å². The highest BCUT2D eigenvalue weighted by atomic mass is 79.9. The third-order valence-electron chi connectivity index (χ3n) is 4.42. The van der Waals surface area contributed by atoms with Crippen molar-refractivity contribution in [3.8, 4) is 11.5 Å². The molecule has 1 heterocycles. The molecule has 10 heteroatoms. The smallest absolute Gasteiger partial charge is 0.329 e. The van der Waals surface area contributed by atoms with Crippen molar-refractivity contribution in [3.05, 3.63) is 63.5 Å². The molecule has 8 nitrogen and oxygen atoms in total. The Labute approximate surface area is 192 Å². The van der Waals surface area contributed by atoms with E-state index in [0.717, 1.165) is 4.90 Å². The Morgan fingerprint density at radius 1 is 1.19 bits per heavy atom. The second kappa shape index (κ2) is 10.3. The SMILES string of the molecule is CCOc1cc(/C=C2/NC(=O)N(CC(=O)OC)C2=O)c(Br)cc1OCc1cccc(F)c1. The van der Waals surface area contributed by atoms with Crippen LogP contribution in [0.5, 0.6) is 11.5 Å². The largest absolute Gasteiger partial charge is 0.490 e. The molecule has 0 bridgehead atoms. The van der Waals surface area contributed by atoms with Crippen molar-refractivity contribution in [2.75, 3.05) is 20.3 Å². The predicted octanol–water partition coefficient (Wildman–Crippen LogP) is 3.63. The molecular weight excluding hydrogens is 487 g/mol. The molecule has 3 amide bonds. The van der Waals surface area contributed by atoms with Gasteiger partial charge in [0.05, 0.1) is 13.7 Å².